The van der Waals surface area contributed by atoms with Crippen LogP contribution in [0.3, 0.4) is 0 Å². The van der Waals surface area contributed by atoms with Crippen LogP contribution in [0.25, 0.3) is 0 Å². The van der Waals surface area contributed by atoms with Crippen LogP contribution < -0.4 is 10.6 Å². The number of halogens is 1. The van der Waals surface area contributed by atoms with Crippen molar-refractivity contribution in [2.75, 3.05) is 22.9 Å². The van der Waals surface area contributed by atoms with Gasteiger partial charge >= 0.3 is 0 Å². The molecule has 0 aliphatic carbocycles. The highest BCUT2D eigenvalue weighted by Crippen LogP contribution is 2.32. The molecule has 2 aromatic rings. The molecule has 2 N–H and O–H groups in total. The Hall–Kier alpha value is -2.01. The maximum Gasteiger partial charge on any atom is 0.227 e. The van der Waals surface area contributed by atoms with Crippen LogP contribution in [0, 0.1) is 5.82 Å². The molecule has 0 atom stereocenters. The maximum atomic E-state index is 13.6. The van der Waals surface area contributed by atoms with Crippen molar-refractivity contribution in [2.45, 2.75) is 24.2 Å². The number of nitrogens with zero attached hydrogens (tertiary/aromatic N) is 1. The van der Waals surface area contributed by atoms with Gasteiger partial charge in [0.25, 0.3) is 0 Å². The Balaban J connectivity index is 1.64. The van der Waals surface area contributed by atoms with Crippen molar-refractivity contribution in [3.05, 3.63) is 53.8 Å². The molecule has 23 heavy (non-hydrogen) atoms. The van der Waals surface area contributed by atoms with E-state index in [2.05, 4.69) is 0 Å². The number of thioether (sulfide) groups is 1. The van der Waals surface area contributed by atoms with Crippen molar-refractivity contribution >= 4 is 29.0 Å². The molecule has 1 amide bonds. The van der Waals surface area contributed by atoms with E-state index in [-0.39, 0.29) is 11.7 Å². The molecule has 120 valence electrons. The van der Waals surface area contributed by atoms with Crippen LogP contribution in [0.15, 0.2) is 47.4 Å². The topological polar surface area (TPSA) is 46.3 Å². The van der Waals surface area contributed by atoms with Crippen molar-refractivity contribution in [3.63, 3.8) is 0 Å². The van der Waals surface area contributed by atoms with Crippen LogP contribution in [-0.2, 0) is 11.2 Å². The summed E-state index contributed by atoms with van der Waals surface area (Å²) in [6.07, 6.45) is 2.22. The Bertz CT molecular complexity index is 720. The van der Waals surface area contributed by atoms with Gasteiger partial charge in [-0.15, -0.1) is 11.8 Å². The zero-order valence-electron chi connectivity index (χ0n) is 12.8. The minimum absolute atomic E-state index is 0.0698. The fraction of sp³-hybridized carbons (Fsp3) is 0.278. The van der Waals surface area contributed by atoms with E-state index >= 15 is 0 Å². The van der Waals surface area contributed by atoms with Crippen LogP contribution in [0.2, 0.25) is 0 Å². The van der Waals surface area contributed by atoms with E-state index in [0.717, 1.165) is 36.3 Å². The van der Waals surface area contributed by atoms with Gasteiger partial charge in [-0.2, -0.15) is 0 Å². The summed E-state index contributed by atoms with van der Waals surface area (Å²) in [6, 6.07) is 12.4. The molecular weight excluding hydrogens is 311 g/mol. The fourth-order valence-electron chi connectivity index (χ4n) is 2.86. The second kappa shape index (κ2) is 7.04. The van der Waals surface area contributed by atoms with E-state index in [1.54, 1.807) is 18.2 Å². The predicted molar refractivity (Wildman–Crippen MR) is 93.3 cm³/mol. The lowest BCUT2D eigenvalue weighted by molar-refractivity contribution is -0.118. The summed E-state index contributed by atoms with van der Waals surface area (Å²) < 4.78 is 13.6. The highest BCUT2D eigenvalue weighted by Gasteiger charge is 2.23. The molecule has 0 saturated heterocycles. The number of anilines is 2. The van der Waals surface area contributed by atoms with Gasteiger partial charge in [-0.05, 0) is 42.7 Å². The lowest BCUT2D eigenvalue weighted by Crippen LogP contribution is -2.35. The number of hydrogen-bond donors (Lipinski definition) is 1. The van der Waals surface area contributed by atoms with E-state index in [1.807, 2.05) is 23.1 Å². The van der Waals surface area contributed by atoms with Gasteiger partial charge in [0, 0.05) is 35.0 Å². The molecule has 0 aromatic heterocycles. The zero-order chi connectivity index (χ0) is 16.2. The van der Waals surface area contributed by atoms with E-state index in [4.69, 9.17) is 5.73 Å². The van der Waals surface area contributed by atoms with Crippen LogP contribution in [0.4, 0.5) is 15.8 Å². The van der Waals surface area contributed by atoms with E-state index in [9.17, 15) is 9.18 Å². The van der Waals surface area contributed by atoms with E-state index in [0.29, 0.717) is 17.1 Å². The summed E-state index contributed by atoms with van der Waals surface area (Å²) in [5, 5.41) is 0. The van der Waals surface area contributed by atoms with Gasteiger partial charge in [-0.3, -0.25) is 4.79 Å². The van der Waals surface area contributed by atoms with Gasteiger partial charge in [-0.1, -0.05) is 18.2 Å². The minimum Gasteiger partial charge on any atom is -0.398 e. The van der Waals surface area contributed by atoms with Gasteiger partial charge in [0.2, 0.25) is 5.91 Å². The first-order chi connectivity index (χ1) is 11.2. The quantitative estimate of drug-likeness (QED) is 0.684. The molecule has 1 aliphatic heterocycles. The summed E-state index contributed by atoms with van der Waals surface area (Å²) in [5.74, 6) is 0.398. The van der Waals surface area contributed by atoms with Gasteiger partial charge < -0.3 is 10.6 Å². The first-order valence-electron chi connectivity index (χ1n) is 7.72. The molecule has 2 aromatic carbocycles. The average molecular weight is 330 g/mol. The SMILES string of the molecule is Nc1cccc2c1CCCN2C(=O)CCSc1ccccc1F. The third-order valence-electron chi connectivity index (χ3n) is 4.00. The van der Waals surface area contributed by atoms with Crippen molar-refractivity contribution in [1.29, 1.82) is 0 Å². The number of carbonyl (C=O) groups is 1. The second-order valence-electron chi connectivity index (χ2n) is 5.52. The number of nitrogen functional groups attached to an aromatic ring is 1. The predicted octanol–water partition coefficient (Wildman–Crippen LogP) is 3.87. The van der Waals surface area contributed by atoms with Gasteiger partial charge in [0.1, 0.15) is 5.82 Å². The average Bonchev–Trinajstić information content (AvgIpc) is 2.56. The number of hydrogen-bond acceptors (Lipinski definition) is 3. The first kappa shape index (κ1) is 15.9. The molecule has 0 saturated carbocycles. The van der Waals surface area contributed by atoms with Crippen molar-refractivity contribution in [2.24, 2.45) is 0 Å². The second-order valence-corrected chi connectivity index (χ2v) is 6.66. The Morgan fingerprint density at radius 1 is 1.22 bits per heavy atom. The van der Waals surface area contributed by atoms with Gasteiger partial charge in [-0.25, -0.2) is 4.39 Å². The molecule has 3 nitrogen and oxygen atoms in total. The van der Waals surface area contributed by atoms with E-state index < -0.39 is 0 Å². The summed E-state index contributed by atoms with van der Waals surface area (Å²) in [6.45, 7) is 0.722. The molecule has 0 bridgehead atoms. The number of rotatable bonds is 4. The number of benzene rings is 2. The van der Waals surface area contributed by atoms with Crippen LogP contribution in [0.1, 0.15) is 18.4 Å². The smallest absolute Gasteiger partial charge is 0.227 e. The lowest BCUT2D eigenvalue weighted by Gasteiger charge is -2.30. The first-order valence-corrected chi connectivity index (χ1v) is 8.70. The Morgan fingerprint density at radius 3 is 2.87 bits per heavy atom. The maximum absolute atomic E-state index is 13.6. The summed E-state index contributed by atoms with van der Waals surface area (Å²) >= 11 is 1.38. The number of carbonyl (C=O) groups excluding carboxylic acids is 1. The van der Waals surface area contributed by atoms with Crippen molar-refractivity contribution in [3.8, 4) is 0 Å². The third kappa shape index (κ3) is 3.50. The molecule has 0 spiro atoms. The fourth-order valence-corrected chi connectivity index (χ4v) is 3.73. The van der Waals surface area contributed by atoms with Crippen LogP contribution >= 0.6 is 11.8 Å². The summed E-state index contributed by atoms with van der Waals surface area (Å²) in [5.41, 5.74) is 8.76. The molecule has 0 unspecified atom stereocenters. The molecule has 3 rings (SSSR count). The minimum atomic E-state index is -0.235. The van der Waals surface area contributed by atoms with Gasteiger partial charge in [0.15, 0.2) is 0 Å². The Kier molecular flexibility index (Phi) is 4.86. The highest BCUT2D eigenvalue weighted by molar-refractivity contribution is 7.99. The Labute approximate surface area is 139 Å². The molecule has 1 aliphatic rings. The van der Waals surface area contributed by atoms with Crippen molar-refractivity contribution in [1.82, 2.24) is 0 Å². The molecule has 5 heteroatoms. The largest absolute Gasteiger partial charge is 0.398 e. The number of amides is 1. The molecule has 0 fully saturated rings. The molecule has 1 heterocycles. The van der Waals surface area contributed by atoms with Crippen LogP contribution in [-0.4, -0.2) is 18.2 Å². The zero-order valence-corrected chi connectivity index (χ0v) is 13.6. The monoisotopic (exact) mass is 330 g/mol. The molecule has 0 radical (unpaired) electrons. The third-order valence-corrected chi connectivity index (χ3v) is 5.05. The van der Waals surface area contributed by atoms with Crippen molar-refractivity contribution < 1.29 is 9.18 Å². The van der Waals surface area contributed by atoms with Crippen LogP contribution in [0.5, 0.6) is 0 Å². The number of fused-ring (bicyclic) bond motifs is 1. The normalized spacial score (nSPS) is 13.7. The lowest BCUT2D eigenvalue weighted by atomic mass is 9.99. The van der Waals surface area contributed by atoms with E-state index in [1.165, 1.54) is 17.8 Å². The standard InChI is InChI=1S/C18H19FN2OS/c19-14-6-1-2-9-17(14)23-12-10-18(22)21-11-4-5-13-15(20)7-3-8-16(13)21/h1-3,6-9H,4-5,10-12,20H2. The molecular formula is C18H19FN2OS. The summed E-state index contributed by atoms with van der Waals surface area (Å²) in [7, 11) is 0. The van der Waals surface area contributed by atoms with Gasteiger partial charge in [0.05, 0.1) is 0 Å². The Morgan fingerprint density at radius 2 is 2.04 bits per heavy atom. The summed E-state index contributed by atoms with van der Waals surface area (Å²) in [4.78, 5) is 14.9. The highest BCUT2D eigenvalue weighted by atomic mass is 32.2. The number of nitrogens with two attached hydrogens (primary N) is 1.